The van der Waals surface area contributed by atoms with Crippen molar-refractivity contribution < 1.29 is 93.0 Å². The topological polar surface area (TPSA) is 349 Å². The summed E-state index contributed by atoms with van der Waals surface area (Å²) in [4.78, 5) is 107. The van der Waals surface area contributed by atoms with Gasteiger partial charge in [0.25, 0.3) is 23.6 Å². The van der Waals surface area contributed by atoms with Crippen LogP contribution in [0.1, 0.15) is 72.6 Å². The quantitative estimate of drug-likeness (QED) is 0.0202. The van der Waals surface area contributed by atoms with E-state index in [1.165, 1.54) is 52.3 Å². The third-order valence-electron chi connectivity index (χ3n) is 16.2. The van der Waals surface area contributed by atoms with E-state index in [4.69, 9.17) is 42.1 Å². The summed E-state index contributed by atoms with van der Waals surface area (Å²) in [6.45, 7) is 0.456. The van der Waals surface area contributed by atoms with Gasteiger partial charge in [0.2, 0.25) is 24.4 Å². The number of hydrogen-bond acceptors (Lipinski definition) is 17. The molecule has 468 valence electrons. The van der Waals surface area contributed by atoms with Gasteiger partial charge in [0.05, 0.1) is 17.5 Å². The number of fused-ring (bicyclic) bond motifs is 6. The lowest BCUT2D eigenvalue weighted by atomic mass is 9.95. The van der Waals surface area contributed by atoms with E-state index in [9.17, 15) is 74.1 Å². The molecule has 2 fully saturated rings. The summed E-state index contributed by atoms with van der Waals surface area (Å²) in [5.41, 5.74) is 3.23. The molecule has 0 saturated carbocycles. The number of ether oxygens (including phenoxy) is 4. The fourth-order valence-electron chi connectivity index (χ4n) is 11.7. The largest absolute Gasteiger partial charge is 0.479 e. The number of alkyl halides is 2. The van der Waals surface area contributed by atoms with Crippen LogP contribution in [0.5, 0.6) is 11.5 Å². The molecule has 0 aliphatic carbocycles. The van der Waals surface area contributed by atoms with Crippen LogP contribution in [0.3, 0.4) is 0 Å². The maximum atomic E-state index is 14.5. The lowest BCUT2D eigenvalue weighted by Crippen LogP contribution is -2.61. The Morgan fingerprint density at radius 2 is 1.18 bits per heavy atom. The lowest BCUT2D eigenvalue weighted by Gasteiger charge is -2.38. The highest BCUT2D eigenvalue weighted by Gasteiger charge is 2.49. The van der Waals surface area contributed by atoms with E-state index in [0.717, 1.165) is 10.5 Å². The van der Waals surface area contributed by atoms with Gasteiger partial charge in [-0.25, -0.2) is 9.59 Å². The van der Waals surface area contributed by atoms with E-state index in [1.54, 1.807) is 66.7 Å². The molecule has 5 aliphatic heterocycles. The van der Waals surface area contributed by atoms with Crippen LogP contribution in [0.15, 0.2) is 103 Å². The normalized spacial score (nSPS) is 24.8. The standard InChI is InChI=1S/C63H63Cl2N5O19/c64-28-34-30-69(41-25-44(36-8-3-5-10-38(36)53(34)41)86-52-27-43(71)55(78)59(88-52)61(82)83)50(76)17-14-32-13-15-33(40(24-32)67-47(73)21-22-66-46(72)12-2-1-7-23-68-48(74)19-20-49(68)75)16-18-51(77)70-31-35(29-65)54-39-11-6-4-9-37(39)45(26-42(54)70)87-63-58(81)56(79)57(80)60(89-63)62(84)85/h3-6,8-11,13-20,24-26,34-35,43,52,55-60,63,71,78-81H,1-2,7,12,21-23,27-31H2,(H,66,72)(H,67,73)(H,82,83)(H,84,85)/b17-14+,18-16+/t34-,35?,43-,52-,55+,56+,57+,58-,59+,60+,63-/m1/s1. The summed E-state index contributed by atoms with van der Waals surface area (Å²) in [5.74, 6) is -5.96. The first kappa shape index (κ1) is 63.7. The van der Waals surface area contributed by atoms with Crippen LogP contribution in [0, 0.1) is 0 Å². The number of aliphatic hydroxyl groups is 5. The van der Waals surface area contributed by atoms with Gasteiger partial charge >= 0.3 is 11.9 Å². The Hall–Kier alpha value is -8.30. The Bertz CT molecular complexity index is 3690. The van der Waals surface area contributed by atoms with E-state index in [0.29, 0.717) is 68.9 Å². The first-order valence-corrected chi connectivity index (χ1v) is 29.8. The first-order chi connectivity index (χ1) is 42.7. The van der Waals surface area contributed by atoms with Gasteiger partial charge in [-0.3, -0.25) is 33.7 Å². The van der Waals surface area contributed by atoms with E-state index in [2.05, 4.69) is 10.6 Å². The van der Waals surface area contributed by atoms with Gasteiger partial charge in [-0.1, -0.05) is 67.1 Å². The number of benzene rings is 5. The maximum Gasteiger partial charge on any atom is 0.335 e. The Morgan fingerprint density at radius 3 is 1.76 bits per heavy atom. The zero-order valence-corrected chi connectivity index (χ0v) is 48.9. The first-order valence-electron chi connectivity index (χ1n) is 28.7. The molecule has 0 bridgehead atoms. The van der Waals surface area contributed by atoms with E-state index in [-0.39, 0.29) is 98.0 Å². The van der Waals surface area contributed by atoms with Crippen molar-refractivity contribution in [2.75, 3.05) is 53.1 Å². The second-order valence-corrected chi connectivity index (χ2v) is 22.6. The predicted molar refractivity (Wildman–Crippen MR) is 323 cm³/mol. The number of imide groups is 1. The van der Waals surface area contributed by atoms with E-state index < -0.39 is 90.9 Å². The second-order valence-electron chi connectivity index (χ2n) is 22.0. The fraction of sp³-hybridized carbons (Fsp3) is 0.365. The third-order valence-corrected chi connectivity index (χ3v) is 16.9. The van der Waals surface area contributed by atoms with Gasteiger partial charge in [-0.2, -0.15) is 0 Å². The van der Waals surface area contributed by atoms with Crippen LogP contribution in [0.4, 0.5) is 17.1 Å². The molecule has 5 aromatic carbocycles. The van der Waals surface area contributed by atoms with Gasteiger partial charge < -0.3 is 75.1 Å². The smallest absolute Gasteiger partial charge is 0.335 e. The minimum atomic E-state index is -1.97. The van der Waals surface area contributed by atoms with Crippen molar-refractivity contribution >= 4 is 121 Å². The molecule has 6 amide bonds. The molecule has 10 rings (SSSR count). The van der Waals surface area contributed by atoms with Crippen molar-refractivity contribution in [1.29, 1.82) is 0 Å². The number of amides is 6. The number of anilines is 3. The molecule has 5 aromatic rings. The summed E-state index contributed by atoms with van der Waals surface area (Å²) < 4.78 is 23.3. The molecule has 5 aliphatic rings. The summed E-state index contributed by atoms with van der Waals surface area (Å²) in [5, 5.41) is 80.0. The number of carbonyl (C=O) groups excluding carboxylic acids is 6. The molecule has 0 aromatic heterocycles. The predicted octanol–water partition coefficient (Wildman–Crippen LogP) is 4.26. The van der Waals surface area contributed by atoms with Crippen molar-refractivity contribution in [2.24, 2.45) is 0 Å². The number of aliphatic carboxylic acids is 2. The highest BCUT2D eigenvalue weighted by molar-refractivity contribution is 6.20. The minimum absolute atomic E-state index is 0.0415. The average Bonchev–Trinajstić information content (AvgIpc) is 1.88. The van der Waals surface area contributed by atoms with Gasteiger partial charge in [-0.05, 0) is 64.1 Å². The highest BCUT2D eigenvalue weighted by Crippen LogP contribution is 2.48. The Labute approximate surface area is 518 Å². The Kier molecular flexibility index (Phi) is 19.8. The molecule has 5 heterocycles. The summed E-state index contributed by atoms with van der Waals surface area (Å²) in [7, 11) is 0. The number of carbonyl (C=O) groups is 8. The maximum absolute atomic E-state index is 14.5. The molecular weight excluding hydrogens is 1200 g/mol. The molecule has 0 spiro atoms. The number of rotatable bonds is 22. The molecule has 1 unspecified atom stereocenters. The van der Waals surface area contributed by atoms with E-state index >= 15 is 0 Å². The molecule has 89 heavy (non-hydrogen) atoms. The van der Waals surface area contributed by atoms with Crippen LogP contribution in [-0.2, 0) is 47.8 Å². The molecule has 2 saturated heterocycles. The van der Waals surface area contributed by atoms with Crippen LogP contribution in [-0.4, -0.2) is 181 Å². The number of carboxylic acid groups (broad SMARTS) is 2. The second kappa shape index (κ2) is 27.6. The van der Waals surface area contributed by atoms with Gasteiger partial charge in [0.1, 0.15) is 35.9 Å². The Balaban J connectivity index is 0.895. The zero-order valence-electron chi connectivity index (χ0n) is 47.4. The molecule has 9 N–H and O–H groups in total. The number of unbranched alkanes of at least 4 members (excludes halogenated alkanes) is 2. The summed E-state index contributed by atoms with van der Waals surface area (Å²) >= 11 is 13.1. The van der Waals surface area contributed by atoms with E-state index in [1.807, 2.05) is 6.07 Å². The monoisotopic (exact) mass is 1260 g/mol. The molecule has 11 atom stereocenters. The van der Waals surface area contributed by atoms with Crippen molar-refractivity contribution in [1.82, 2.24) is 10.2 Å². The number of halogens is 2. The number of nitrogens with zero attached hydrogens (tertiary/aromatic N) is 3. The van der Waals surface area contributed by atoms with Crippen LogP contribution in [0.2, 0.25) is 0 Å². The molecule has 26 heteroatoms. The van der Waals surface area contributed by atoms with Gasteiger partial charge in [-0.15, -0.1) is 23.2 Å². The van der Waals surface area contributed by atoms with Crippen molar-refractivity contribution in [3.63, 3.8) is 0 Å². The van der Waals surface area contributed by atoms with Crippen molar-refractivity contribution in [3.8, 4) is 11.5 Å². The highest BCUT2D eigenvalue weighted by atomic mass is 35.5. The Morgan fingerprint density at radius 1 is 0.618 bits per heavy atom. The van der Waals surface area contributed by atoms with Gasteiger partial charge in [0.15, 0.2) is 12.2 Å². The van der Waals surface area contributed by atoms with Gasteiger partial charge in [0, 0.05) is 122 Å². The summed E-state index contributed by atoms with van der Waals surface area (Å²) in [6, 6.07) is 22.1. The van der Waals surface area contributed by atoms with Crippen LogP contribution < -0.4 is 29.9 Å². The number of hydrogen-bond donors (Lipinski definition) is 9. The fourth-order valence-corrected chi connectivity index (χ4v) is 12.2. The lowest BCUT2D eigenvalue weighted by molar-refractivity contribution is -0.270. The van der Waals surface area contributed by atoms with Crippen molar-refractivity contribution in [3.05, 3.63) is 125 Å². The van der Waals surface area contributed by atoms with Crippen LogP contribution >= 0.6 is 23.2 Å². The number of nitrogens with one attached hydrogen (secondary N) is 2. The third kappa shape index (κ3) is 13.7. The minimum Gasteiger partial charge on any atom is -0.479 e. The molecular formula is C63H63Cl2N5O19. The molecule has 24 nitrogen and oxygen atoms in total. The SMILES string of the molecule is O=C(CCCCCN1C(=O)C=CC1=O)NCCC(=O)Nc1cc(/C=C/C(=O)N2C[C@@H](CCl)c3c2cc(O[C@H]2C[C@@H](O)[C@H](O)[C@@H](C(=O)O)O2)c2ccccc32)ccc1/C=C/C(=O)N1CC(CCl)c2c1cc(O[C@@H]1O[C@H](C(=O)O)[C@@H](O)[C@H](O)[C@H]1O)c1ccccc21. The van der Waals surface area contributed by atoms with Crippen molar-refractivity contribution in [2.45, 2.75) is 106 Å². The number of aliphatic hydroxyl groups excluding tert-OH is 5. The molecule has 0 radical (unpaired) electrons. The zero-order chi connectivity index (χ0) is 63.4. The number of carboxylic acids is 2. The average molecular weight is 1270 g/mol. The van der Waals surface area contributed by atoms with Crippen LogP contribution in [0.25, 0.3) is 33.7 Å². The summed E-state index contributed by atoms with van der Waals surface area (Å²) in [6.07, 6.45) is -6.46.